The van der Waals surface area contributed by atoms with Gasteiger partial charge in [0.2, 0.25) is 5.91 Å². The third-order valence-corrected chi connectivity index (χ3v) is 3.99. The van der Waals surface area contributed by atoms with Gasteiger partial charge in [0, 0.05) is 17.3 Å². The van der Waals surface area contributed by atoms with E-state index in [-0.39, 0.29) is 5.91 Å². The SMILES string of the molecule is O=C(Cc1ccc(-n2cccn2)cc1)NCc1cccs1. The lowest BCUT2D eigenvalue weighted by atomic mass is 10.1. The van der Waals surface area contributed by atoms with Gasteiger partial charge < -0.3 is 5.32 Å². The molecule has 1 aromatic carbocycles. The summed E-state index contributed by atoms with van der Waals surface area (Å²) >= 11 is 1.65. The number of rotatable bonds is 5. The Bertz CT molecular complexity index is 688. The number of aromatic nitrogens is 2. The highest BCUT2D eigenvalue weighted by atomic mass is 32.1. The third-order valence-electron chi connectivity index (χ3n) is 3.11. The van der Waals surface area contributed by atoms with E-state index in [1.54, 1.807) is 22.2 Å². The lowest BCUT2D eigenvalue weighted by Crippen LogP contribution is -2.24. The Morgan fingerprint density at radius 2 is 2.05 bits per heavy atom. The second-order valence-corrected chi connectivity index (χ2v) is 5.68. The molecule has 0 bridgehead atoms. The fourth-order valence-corrected chi connectivity index (χ4v) is 2.68. The van der Waals surface area contributed by atoms with Crippen LogP contribution >= 0.6 is 11.3 Å². The van der Waals surface area contributed by atoms with E-state index < -0.39 is 0 Å². The topological polar surface area (TPSA) is 46.9 Å². The van der Waals surface area contributed by atoms with Gasteiger partial charge in [-0.2, -0.15) is 5.10 Å². The van der Waals surface area contributed by atoms with Crippen molar-refractivity contribution in [3.63, 3.8) is 0 Å². The van der Waals surface area contributed by atoms with Crippen LogP contribution in [0.25, 0.3) is 5.69 Å². The molecule has 2 aromatic heterocycles. The van der Waals surface area contributed by atoms with Crippen molar-refractivity contribution in [2.24, 2.45) is 0 Å². The molecule has 0 saturated carbocycles. The maximum atomic E-state index is 11.9. The van der Waals surface area contributed by atoms with Gasteiger partial charge in [0.1, 0.15) is 0 Å². The van der Waals surface area contributed by atoms with Crippen molar-refractivity contribution in [3.8, 4) is 5.69 Å². The number of carbonyl (C=O) groups is 1. The summed E-state index contributed by atoms with van der Waals surface area (Å²) in [6, 6.07) is 13.7. The largest absolute Gasteiger partial charge is 0.351 e. The zero-order chi connectivity index (χ0) is 14.5. The van der Waals surface area contributed by atoms with Crippen LogP contribution in [0.2, 0.25) is 0 Å². The van der Waals surface area contributed by atoms with Crippen molar-refractivity contribution in [1.29, 1.82) is 0 Å². The molecule has 0 radical (unpaired) electrons. The molecule has 0 spiro atoms. The smallest absolute Gasteiger partial charge is 0.224 e. The first-order valence-corrected chi connectivity index (χ1v) is 7.57. The standard InChI is InChI=1S/C16H15N3OS/c20-16(17-12-15-3-1-10-21-15)11-13-4-6-14(7-5-13)19-9-2-8-18-19/h1-10H,11-12H2,(H,17,20). The van der Waals surface area contributed by atoms with E-state index in [9.17, 15) is 4.79 Å². The highest BCUT2D eigenvalue weighted by molar-refractivity contribution is 7.09. The number of hydrogen-bond donors (Lipinski definition) is 1. The van der Waals surface area contributed by atoms with Crippen LogP contribution in [0, 0.1) is 0 Å². The summed E-state index contributed by atoms with van der Waals surface area (Å²) in [5.41, 5.74) is 1.98. The minimum Gasteiger partial charge on any atom is -0.351 e. The molecule has 0 aliphatic heterocycles. The van der Waals surface area contributed by atoms with Gasteiger partial charge in [-0.1, -0.05) is 18.2 Å². The summed E-state index contributed by atoms with van der Waals surface area (Å²) in [6.45, 7) is 0.599. The van der Waals surface area contributed by atoms with E-state index in [0.717, 1.165) is 16.1 Å². The lowest BCUT2D eigenvalue weighted by Gasteiger charge is -2.05. The van der Waals surface area contributed by atoms with E-state index in [4.69, 9.17) is 0 Å². The summed E-state index contributed by atoms with van der Waals surface area (Å²) < 4.78 is 1.79. The minimum absolute atomic E-state index is 0.0373. The van der Waals surface area contributed by atoms with Crippen LogP contribution in [0.4, 0.5) is 0 Å². The van der Waals surface area contributed by atoms with Gasteiger partial charge >= 0.3 is 0 Å². The van der Waals surface area contributed by atoms with Crippen LogP contribution in [0.15, 0.2) is 60.2 Å². The summed E-state index contributed by atoms with van der Waals surface area (Å²) in [6.07, 6.45) is 4.03. The van der Waals surface area contributed by atoms with E-state index in [1.807, 2.05) is 54.0 Å². The van der Waals surface area contributed by atoms with Crippen molar-refractivity contribution in [3.05, 3.63) is 70.7 Å². The zero-order valence-corrected chi connectivity index (χ0v) is 12.2. The molecule has 4 nitrogen and oxygen atoms in total. The molecule has 0 unspecified atom stereocenters. The highest BCUT2D eigenvalue weighted by Crippen LogP contribution is 2.10. The molecule has 0 aliphatic rings. The van der Waals surface area contributed by atoms with Crippen LogP contribution in [0.5, 0.6) is 0 Å². The number of nitrogens with one attached hydrogen (secondary N) is 1. The average molecular weight is 297 g/mol. The Labute approximate surface area is 127 Å². The molecule has 2 heterocycles. The second-order valence-electron chi connectivity index (χ2n) is 4.65. The molecule has 3 rings (SSSR count). The maximum absolute atomic E-state index is 11.9. The number of nitrogens with zero attached hydrogens (tertiary/aromatic N) is 2. The Morgan fingerprint density at radius 1 is 1.19 bits per heavy atom. The van der Waals surface area contributed by atoms with E-state index in [1.165, 1.54) is 0 Å². The van der Waals surface area contributed by atoms with Crippen LogP contribution in [0.1, 0.15) is 10.4 Å². The highest BCUT2D eigenvalue weighted by Gasteiger charge is 2.04. The maximum Gasteiger partial charge on any atom is 0.224 e. The minimum atomic E-state index is 0.0373. The van der Waals surface area contributed by atoms with Crippen molar-refractivity contribution in [2.75, 3.05) is 0 Å². The van der Waals surface area contributed by atoms with Gasteiger partial charge in [-0.15, -0.1) is 11.3 Å². The van der Waals surface area contributed by atoms with E-state index in [0.29, 0.717) is 13.0 Å². The van der Waals surface area contributed by atoms with Crippen LogP contribution in [-0.2, 0) is 17.8 Å². The quantitative estimate of drug-likeness (QED) is 0.787. The molecule has 3 aromatic rings. The Kier molecular flexibility index (Phi) is 4.12. The number of thiophene rings is 1. The fraction of sp³-hybridized carbons (Fsp3) is 0.125. The molecule has 106 valence electrons. The van der Waals surface area contributed by atoms with Gasteiger partial charge in [-0.3, -0.25) is 4.79 Å². The Morgan fingerprint density at radius 3 is 2.71 bits per heavy atom. The molecule has 1 N–H and O–H groups in total. The molecule has 5 heteroatoms. The number of amides is 1. The Balaban J connectivity index is 1.56. The first-order chi connectivity index (χ1) is 10.3. The predicted molar refractivity (Wildman–Crippen MR) is 83.4 cm³/mol. The lowest BCUT2D eigenvalue weighted by molar-refractivity contribution is -0.120. The molecule has 0 fully saturated rings. The average Bonchev–Trinajstić information content (AvgIpc) is 3.19. The van der Waals surface area contributed by atoms with Gasteiger partial charge in [-0.05, 0) is 35.2 Å². The predicted octanol–water partition coefficient (Wildman–Crippen LogP) is 2.79. The molecule has 0 aliphatic carbocycles. The molecule has 0 atom stereocenters. The number of hydrogen-bond acceptors (Lipinski definition) is 3. The van der Waals surface area contributed by atoms with Gasteiger partial charge in [0.15, 0.2) is 0 Å². The monoisotopic (exact) mass is 297 g/mol. The number of carbonyl (C=O) groups excluding carboxylic acids is 1. The van der Waals surface area contributed by atoms with Crippen LogP contribution in [-0.4, -0.2) is 15.7 Å². The molecule has 0 saturated heterocycles. The van der Waals surface area contributed by atoms with Crippen LogP contribution < -0.4 is 5.32 Å². The first-order valence-electron chi connectivity index (χ1n) is 6.69. The molecule has 21 heavy (non-hydrogen) atoms. The molecular weight excluding hydrogens is 282 g/mol. The van der Waals surface area contributed by atoms with Crippen molar-refractivity contribution in [1.82, 2.24) is 15.1 Å². The summed E-state index contributed by atoms with van der Waals surface area (Å²) in [4.78, 5) is 13.1. The fourth-order valence-electron chi connectivity index (χ4n) is 2.03. The molecular formula is C16H15N3OS. The summed E-state index contributed by atoms with van der Waals surface area (Å²) in [5.74, 6) is 0.0373. The van der Waals surface area contributed by atoms with E-state index in [2.05, 4.69) is 10.4 Å². The van der Waals surface area contributed by atoms with Gasteiger partial charge in [0.25, 0.3) is 0 Å². The zero-order valence-electron chi connectivity index (χ0n) is 11.4. The molecule has 1 amide bonds. The first kappa shape index (κ1) is 13.6. The van der Waals surface area contributed by atoms with Crippen molar-refractivity contribution < 1.29 is 4.79 Å². The van der Waals surface area contributed by atoms with Gasteiger partial charge in [-0.25, -0.2) is 4.68 Å². The summed E-state index contributed by atoms with van der Waals surface area (Å²) in [7, 11) is 0. The Hall–Kier alpha value is -2.40. The van der Waals surface area contributed by atoms with E-state index >= 15 is 0 Å². The van der Waals surface area contributed by atoms with Crippen molar-refractivity contribution in [2.45, 2.75) is 13.0 Å². The third kappa shape index (κ3) is 3.58. The second kappa shape index (κ2) is 6.37. The summed E-state index contributed by atoms with van der Waals surface area (Å²) in [5, 5.41) is 9.11. The van der Waals surface area contributed by atoms with Crippen LogP contribution in [0.3, 0.4) is 0 Å². The van der Waals surface area contributed by atoms with Gasteiger partial charge in [0.05, 0.1) is 18.7 Å². The van der Waals surface area contributed by atoms with Crippen molar-refractivity contribution >= 4 is 17.2 Å². The normalized spacial score (nSPS) is 10.5. The number of benzene rings is 1.